The second-order valence-electron chi connectivity index (χ2n) is 18.4. The molecule has 12 rings (SSSR count). The first-order valence-corrected chi connectivity index (χ1v) is 25.1. The van der Waals surface area contributed by atoms with Crippen LogP contribution in [0.1, 0.15) is 59.4 Å². The Bertz CT molecular complexity index is 2870. The van der Waals surface area contributed by atoms with Crippen molar-refractivity contribution in [2.45, 2.75) is 50.1 Å². The number of benzene rings is 8. The maximum atomic E-state index is 2.54. The molecule has 0 amide bonds. The van der Waals surface area contributed by atoms with Crippen LogP contribution in [0.3, 0.4) is 0 Å². The van der Waals surface area contributed by atoms with Gasteiger partial charge in [0.2, 0.25) is 0 Å². The smallest absolute Gasteiger partial charge is 0.113 e. The Morgan fingerprint density at radius 2 is 1.08 bits per heavy atom. The minimum absolute atomic E-state index is 0.530. The highest BCUT2D eigenvalue weighted by Crippen LogP contribution is 2.59. The van der Waals surface area contributed by atoms with Crippen molar-refractivity contribution < 1.29 is 0 Å². The van der Waals surface area contributed by atoms with Crippen LogP contribution in [0.2, 0.25) is 13.1 Å². The molecule has 8 aromatic rings. The first kappa shape index (κ1) is 35.7. The number of rotatable bonds is 7. The zero-order valence-corrected chi connectivity index (χ0v) is 35.5. The van der Waals surface area contributed by atoms with Gasteiger partial charge < -0.3 is 4.90 Å². The lowest BCUT2D eigenvalue weighted by Gasteiger charge is -2.35. The summed E-state index contributed by atoms with van der Waals surface area (Å²) in [6.45, 7) is 5.02. The molecular weight excluding hydrogens is 739 g/mol. The number of fused-ring (bicyclic) bond motifs is 8. The molecule has 0 radical (unpaired) electrons. The van der Waals surface area contributed by atoms with E-state index in [9.17, 15) is 0 Å². The number of nitrogens with zero attached hydrogens (tertiary/aromatic N) is 1. The van der Waals surface area contributed by atoms with Crippen molar-refractivity contribution in [2.24, 2.45) is 11.8 Å². The van der Waals surface area contributed by atoms with Crippen LogP contribution in [-0.4, -0.2) is 8.07 Å². The molecule has 2 heteroatoms. The van der Waals surface area contributed by atoms with Gasteiger partial charge in [0.1, 0.15) is 8.07 Å². The Hall–Kier alpha value is -6.22. The van der Waals surface area contributed by atoms with E-state index in [1.54, 1.807) is 5.19 Å². The van der Waals surface area contributed by atoms with Crippen LogP contribution in [-0.2, 0) is 5.41 Å². The minimum Gasteiger partial charge on any atom is -0.310 e. The van der Waals surface area contributed by atoms with Gasteiger partial charge in [-0.25, -0.2) is 0 Å². The van der Waals surface area contributed by atoms with Crippen molar-refractivity contribution in [1.29, 1.82) is 0 Å². The Kier molecular flexibility index (Phi) is 8.13. The molecule has 290 valence electrons. The van der Waals surface area contributed by atoms with E-state index >= 15 is 0 Å². The van der Waals surface area contributed by atoms with Gasteiger partial charge in [0.15, 0.2) is 0 Å². The Morgan fingerprint density at radius 3 is 1.78 bits per heavy atom. The average molecular weight is 788 g/mol. The lowest BCUT2D eigenvalue weighted by atomic mass is 9.67. The molecule has 3 unspecified atom stereocenters. The molecule has 3 aliphatic carbocycles. The second kappa shape index (κ2) is 13.7. The standard InChI is InChI=1S/C58H49NSi/c1-60(2)55-24-13-12-21-49(55)52-37-46(32-34-56(52)60)59(45-29-27-41(28-30-45)51-36-39-25-26-42(51)35-39)47-31-33-50-54(38-47)58(43-17-8-4-9-18-43,44-19-10-5-11-20-44)53-23-14-22-48(57(50)53)40-15-6-3-7-16-40/h3-24,27-34,37-39,42,51H,25-26,35-36H2,1-2H3. The fourth-order valence-electron chi connectivity index (χ4n) is 12.3. The number of anilines is 3. The van der Waals surface area contributed by atoms with Crippen LogP contribution in [0.25, 0.3) is 33.4 Å². The summed E-state index contributed by atoms with van der Waals surface area (Å²) in [6, 6.07) is 74.0. The van der Waals surface area contributed by atoms with Gasteiger partial charge in [0.25, 0.3) is 0 Å². The van der Waals surface area contributed by atoms with Gasteiger partial charge >= 0.3 is 0 Å². The summed E-state index contributed by atoms with van der Waals surface area (Å²) in [5, 5.41) is 3.07. The molecule has 2 bridgehead atoms. The third-order valence-electron chi connectivity index (χ3n) is 15.0. The molecule has 4 aliphatic rings. The summed E-state index contributed by atoms with van der Waals surface area (Å²) in [7, 11) is -1.82. The van der Waals surface area contributed by atoms with Gasteiger partial charge in [-0.3, -0.25) is 0 Å². The number of hydrogen-bond donors (Lipinski definition) is 0. The molecule has 60 heavy (non-hydrogen) atoms. The largest absolute Gasteiger partial charge is 0.310 e. The van der Waals surface area contributed by atoms with Gasteiger partial charge in [-0.1, -0.05) is 177 Å². The monoisotopic (exact) mass is 787 g/mol. The van der Waals surface area contributed by atoms with Crippen molar-refractivity contribution in [2.75, 3.05) is 4.90 Å². The molecule has 1 nitrogen and oxygen atoms in total. The average Bonchev–Trinajstić information content (AvgIpc) is 4.07. The fourth-order valence-corrected chi connectivity index (χ4v) is 15.4. The van der Waals surface area contributed by atoms with Gasteiger partial charge in [-0.05, 0) is 145 Å². The van der Waals surface area contributed by atoms with E-state index in [2.05, 4.69) is 212 Å². The van der Waals surface area contributed by atoms with Crippen LogP contribution in [0, 0.1) is 11.8 Å². The number of hydrogen-bond acceptors (Lipinski definition) is 1. The lowest BCUT2D eigenvalue weighted by Crippen LogP contribution is -2.49. The van der Waals surface area contributed by atoms with Crippen LogP contribution >= 0.6 is 0 Å². The summed E-state index contributed by atoms with van der Waals surface area (Å²) in [6.07, 6.45) is 5.60. The Morgan fingerprint density at radius 1 is 0.467 bits per heavy atom. The summed E-state index contributed by atoms with van der Waals surface area (Å²) < 4.78 is 0. The molecule has 0 aromatic heterocycles. The fraction of sp³-hybridized carbons (Fsp3) is 0.172. The van der Waals surface area contributed by atoms with Crippen molar-refractivity contribution >= 4 is 35.5 Å². The van der Waals surface area contributed by atoms with E-state index in [4.69, 9.17) is 0 Å². The highest BCUT2D eigenvalue weighted by Gasteiger charge is 2.47. The van der Waals surface area contributed by atoms with Crippen LogP contribution in [0.15, 0.2) is 194 Å². The van der Waals surface area contributed by atoms with Crippen molar-refractivity contribution in [3.05, 3.63) is 222 Å². The predicted octanol–water partition coefficient (Wildman–Crippen LogP) is 13.9. The molecule has 1 aliphatic heterocycles. The van der Waals surface area contributed by atoms with Crippen molar-refractivity contribution in [3.8, 4) is 33.4 Å². The molecule has 0 saturated heterocycles. The van der Waals surface area contributed by atoms with E-state index < -0.39 is 13.5 Å². The van der Waals surface area contributed by atoms with Crippen molar-refractivity contribution in [3.63, 3.8) is 0 Å². The first-order chi connectivity index (χ1) is 29.5. The van der Waals surface area contributed by atoms with E-state index in [1.165, 1.54) is 109 Å². The normalized spacial score (nSPS) is 19.7. The van der Waals surface area contributed by atoms with Crippen molar-refractivity contribution in [1.82, 2.24) is 0 Å². The SMILES string of the molecule is C[Si]1(C)c2ccccc2-c2cc(N(c3ccc(C4CC5CCC4C5)cc3)c3ccc4c(c3)C(c3ccccc3)(c3ccccc3)c3cccc(-c5ccccc5)c3-4)ccc21. The highest BCUT2D eigenvalue weighted by atomic mass is 28.3. The Balaban J connectivity index is 1.10. The third-order valence-corrected chi connectivity index (χ3v) is 18.6. The summed E-state index contributed by atoms with van der Waals surface area (Å²) >= 11 is 0. The predicted molar refractivity (Wildman–Crippen MR) is 254 cm³/mol. The van der Waals surface area contributed by atoms with E-state index in [0.29, 0.717) is 5.92 Å². The zero-order chi connectivity index (χ0) is 40.0. The van der Waals surface area contributed by atoms with Gasteiger partial charge in [-0.15, -0.1) is 0 Å². The zero-order valence-electron chi connectivity index (χ0n) is 34.5. The third kappa shape index (κ3) is 5.23. The lowest BCUT2D eigenvalue weighted by molar-refractivity contribution is 0.420. The van der Waals surface area contributed by atoms with Crippen LogP contribution < -0.4 is 15.3 Å². The van der Waals surface area contributed by atoms with E-state index in [0.717, 1.165) is 11.8 Å². The van der Waals surface area contributed by atoms with Gasteiger partial charge in [-0.2, -0.15) is 0 Å². The molecule has 0 N–H and O–H groups in total. The maximum Gasteiger partial charge on any atom is 0.113 e. The topological polar surface area (TPSA) is 3.24 Å². The summed E-state index contributed by atoms with van der Waals surface area (Å²) in [5.74, 6) is 2.47. The highest BCUT2D eigenvalue weighted by molar-refractivity contribution is 7.03. The molecular formula is C58H49NSi. The quantitative estimate of drug-likeness (QED) is 0.145. The van der Waals surface area contributed by atoms with E-state index in [1.807, 2.05) is 0 Å². The minimum atomic E-state index is -1.82. The van der Waals surface area contributed by atoms with Gasteiger partial charge in [0, 0.05) is 17.1 Å². The maximum absolute atomic E-state index is 2.54. The first-order valence-electron chi connectivity index (χ1n) is 22.1. The Labute approximate surface area is 356 Å². The summed E-state index contributed by atoms with van der Waals surface area (Å²) in [4.78, 5) is 2.54. The molecule has 2 fully saturated rings. The molecule has 3 atom stereocenters. The molecule has 2 saturated carbocycles. The molecule has 8 aromatic carbocycles. The second-order valence-corrected chi connectivity index (χ2v) is 22.7. The van der Waals surface area contributed by atoms with E-state index in [-0.39, 0.29) is 0 Å². The summed E-state index contributed by atoms with van der Waals surface area (Å²) in [5.41, 5.74) is 17.7. The molecule has 0 spiro atoms. The van der Waals surface area contributed by atoms with Gasteiger partial charge in [0.05, 0.1) is 5.41 Å². The molecule has 1 heterocycles. The van der Waals surface area contributed by atoms with Crippen LogP contribution in [0.5, 0.6) is 0 Å². The van der Waals surface area contributed by atoms with Crippen LogP contribution in [0.4, 0.5) is 17.1 Å².